The Morgan fingerprint density at radius 2 is 1.64 bits per heavy atom. The zero-order chi connectivity index (χ0) is 26.9. The summed E-state index contributed by atoms with van der Waals surface area (Å²) in [6.45, 7) is 3.62. The number of H-pyrrole nitrogens is 1. The first-order chi connectivity index (χ1) is 19.0. The first-order valence-corrected chi connectivity index (χ1v) is 13.3. The molecule has 1 amide bonds. The monoisotopic (exact) mass is 522 g/mol. The van der Waals surface area contributed by atoms with E-state index < -0.39 is 5.97 Å². The minimum atomic E-state index is -1.04. The van der Waals surface area contributed by atoms with Gasteiger partial charge in [-0.15, -0.1) is 0 Å². The number of rotatable bonds is 6. The number of aromatic hydroxyl groups is 1. The van der Waals surface area contributed by atoms with Crippen LogP contribution in [0.1, 0.15) is 51.9 Å². The summed E-state index contributed by atoms with van der Waals surface area (Å²) < 4.78 is 0. The topological polar surface area (TPSA) is 109 Å². The lowest BCUT2D eigenvalue weighted by Gasteiger charge is -2.27. The van der Waals surface area contributed by atoms with Gasteiger partial charge in [-0.3, -0.25) is 9.69 Å². The van der Waals surface area contributed by atoms with E-state index in [1.54, 1.807) is 6.07 Å². The van der Waals surface area contributed by atoms with Crippen LogP contribution in [0.4, 0.5) is 5.69 Å². The van der Waals surface area contributed by atoms with Crippen LogP contribution in [0, 0.1) is 0 Å². The number of carboxylic acid groups (broad SMARTS) is 1. The van der Waals surface area contributed by atoms with Gasteiger partial charge >= 0.3 is 5.97 Å². The van der Waals surface area contributed by atoms with E-state index in [9.17, 15) is 19.8 Å². The molecule has 39 heavy (non-hydrogen) atoms. The number of fused-ring (bicyclic) bond motifs is 2. The van der Waals surface area contributed by atoms with E-state index in [2.05, 4.69) is 9.88 Å². The van der Waals surface area contributed by atoms with Crippen molar-refractivity contribution >= 4 is 34.2 Å². The lowest BCUT2D eigenvalue weighted by Crippen LogP contribution is -2.40. The maximum absolute atomic E-state index is 13.0. The van der Waals surface area contributed by atoms with Crippen LogP contribution in [-0.4, -0.2) is 62.2 Å². The van der Waals surface area contributed by atoms with Crippen LogP contribution in [0.5, 0.6) is 5.88 Å². The number of carbonyl (C=O) groups is 2. The standard InChI is InChI=1S/C31H30N4O4/c36-27(19-34-13-5-2-6-14-34)35-17-22-9-11-24(15-23(22)18-35)32-29(20-7-3-1-4-8-20)28-25-12-10-21(31(38)39)16-26(25)33-30(28)37/h1,3-4,7-12,15-16,33,37H,2,5-6,13-14,17-19H2,(H,38,39). The van der Waals surface area contributed by atoms with Crippen LogP contribution < -0.4 is 0 Å². The van der Waals surface area contributed by atoms with Gasteiger partial charge in [-0.25, -0.2) is 9.79 Å². The molecule has 198 valence electrons. The largest absolute Gasteiger partial charge is 0.494 e. The molecule has 6 rings (SSSR count). The Balaban J connectivity index is 1.33. The van der Waals surface area contributed by atoms with Crippen LogP contribution in [0.3, 0.4) is 0 Å². The van der Waals surface area contributed by atoms with Crippen LogP contribution >= 0.6 is 0 Å². The molecule has 1 aromatic heterocycles. The molecular weight excluding hydrogens is 492 g/mol. The van der Waals surface area contributed by atoms with Gasteiger partial charge < -0.3 is 20.1 Å². The van der Waals surface area contributed by atoms with Crippen molar-refractivity contribution in [2.45, 2.75) is 32.4 Å². The van der Waals surface area contributed by atoms with Crippen molar-refractivity contribution in [2.24, 2.45) is 4.99 Å². The SMILES string of the molecule is O=C(O)c1ccc2c(C(=Nc3ccc4c(c3)CN(C(=O)CN3CCCCC3)C4)c3ccccc3)c(O)[nH]c2c1. The number of aliphatic imine (C=N–C) groups is 1. The number of aromatic nitrogens is 1. The second-order valence-corrected chi connectivity index (χ2v) is 10.3. The van der Waals surface area contributed by atoms with Crippen LogP contribution in [0.15, 0.2) is 71.7 Å². The fourth-order valence-electron chi connectivity index (χ4n) is 5.58. The number of aromatic carboxylic acids is 1. The quantitative estimate of drug-likeness (QED) is 0.307. The summed E-state index contributed by atoms with van der Waals surface area (Å²) >= 11 is 0. The molecule has 3 aromatic carbocycles. The van der Waals surface area contributed by atoms with Crippen molar-refractivity contribution in [2.75, 3.05) is 19.6 Å². The summed E-state index contributed by atoms with van der Waals surface area (Å²) in [4.78, 5) is 36.5. The highest BCUT2D eigenvalue weighted by Gasteiger charge is 2.26. The van der Waals surface area contributed by atoms with Crippen molar-refractivity contribution in [3.05, 3.63) is 94.5 Å². The maximum Gasteiger partial charge on any atom is 0.335 e. The first-order valence-electron chi connectivity index (χ1n) is 13.3. The number of benzene rings is 3. The number of hydrogen-bond acceptors (Lipinski definition) is 5. The Morgan fingerprint density at radius 1 is 0.872 bits per heavy atom. The molecule has 3 N–H and O–H groups in total. The Bertz CT molecular complexity index is 1590. The van der Waals surface area contributed by atoms with Crippen LogP contribution in [-0.2, 0) is 17.9 Å². The number of likely N-dealkylation sites (tertiary alicyclic amines) is 1. The van der Waals surface area contributed by atoms with Gasteiger partial charge in [-0.05, 0) is 61.3 Å². The molecule has 0 atom stereocenters. The van der Waals surface area contributed by atoms with Gasteiger partial charge in [0.05, 0.1) is 29.1 Å². The van der Waals surface area contributed by atoms with Gasteiger partial charge in [0.15, 0.2) is 5.88 Å². The Labute approximate surface area is 226 Å². The zero-order valence-electron chi connectivity index (χ0n) is 21.6. The normalized spacial score (nSPS) is 16.0. The van der Waals surface area contributed by atoms with Crippen LogP contribution in [0.25, 0.3) is 10.9 Å². The summed E-state index contributed by atoms with van der Waals surface area (Å²) in [5.41, 5.74) is 5.45. The molecule has 8 heteroatoms. The minimum absolute atomic E-state index is 0.0780. The van der Waals surface area contributed by atoms with Crippen molar-refractivity contribution in [3.8, 4) is 5.88 Å². The van der Waals surface area contributed by atoms with Crippen molar-refractivity contribution in [1.82, 2.24) is 14.8 Å². The molecule has 3 heterocycles. The third kappa shape index (κ3) is 5.03. The lowest BCUT2D eigenvalue weighted by atomic mass is 10.00. The highest BCUT2D eigenvalue weighted by atomic mass is 16.4. The minimum Gasteiger partial charge on any atom is -0.494 e. The first kappa shape index (κ1) is 24.9. The molecule has 0 saturated carbocycles. The Hall–Kier alpha value is -4.43. The lowest BCUT2D eigenvalue weighted by molar-refractivity contribution is -0.133. The summed E-state index contributed by atoms with van der Waals surface area (Å²) in [6.07, 6.45) is 3.56. The number of aromatic amines is 1. The van der Waals surface area contributed by atoms with E-state index in [0.29, 0.717) is 47.5 Å². The number of nitrogens with zero attached hydrogens (tertiary/aromatic N) is 3. The van der Waals surface area contributed by atoms with E-state index in [4.69, 9.17) is 4.99 Å². The molecule has 1 fully saturated rings. The van der Waals surface area contributed by atoms with E-state index in [1.165, 1.54) is 18.6 Å². The molecule has 2 aliphatic heterocycles. The highest BCUT2D eigenvalue weighted by molar-refractivity contribution is 6.22. The number of amides is 1. The summed E-state index contributed by atoms with van der Waals surface area (Å²) in [5.74, 6) is -0.954. The molecular formula is C31H30N4O4. The van der Waals surface area contributed by atoms with Crippen molar-refractivity contribution in [3.63, 3.8) is 0 Å². The van der Waals surface area contributed by atoms with E-state index in [0.717, 1.165) is 42.6 Å². The number of piperidine rings is 1. The molecule has 1 saturated heterocycles. The van der Waals surface area contributed by atoms with Crippen LogP contribution in [0.2, 0.25) is 0 Å². The Morgan fingerprint density at radius 3 is 2.41 bits per heavy atom. The van der Waals surface area contributed by atoms with Gasteiger partial charge in [-0.2, -0.15) is 0 Å². The van der Waals surface area contributed by atoms with Gasteiger partial charge in [-0.1, -0.05) is 48.9 Å². The fourth-order valence-corrected chi connectivity index (χ4v) is 5.58. The molecule has 0 bridgehead atoms. The second-order valence-electron chi connectivity index (χ2n) is 10.3. The van der Waals surface area contributed by atoms with Gasteiger partial charge in [0.1, 0.15) is 0 Å². The summed E-state index contributed by atoms with van der Waals surface area (Å²) in [7, 11) is 0. The molecule has 2 aliphatic rings. The van der Waals surface area contributed by atoms with Crippen molar-refractivity contribution < 1.29 is 19.8 Å². The van der Waals surface area contributed by atoms with Gasteiger partial charge in [0, 0.05) is 29.6 Å². The second kappa shape index (κ2) is 10.4. The van der Waals surface area contributed by atoms with E-state index in [-0.39, 0.29) is 17.4 Å². The summed E-state index contributed by atoms with van der Waals surface area (Å²) in [5, 5.41) is 21.0. The molecule has 4 aromatic rings. The predicted molar refractivity (Wildman–Crippen MR) is 150 cm³/mol. The summed E-state index contributed by atoms with van der Waals surface area (Å²) in [6, 6.07) is 20.3. The van der Waals surface area contributed by atoms with Gasteiger partial charge in [0.2, 0.25) is 5.91 Å². The molecule has 0 spiro atoms. The van der Waals surface area contributed by atoms with Crippen molar-refractivity contribution in [1.29, 1.82) is 0 Å². The third-order valence-corrected chi connectivity index (χ3v) is 7.62. The fraction of sp³-hybridized carbons (Fsp3) is 0.258. The average molecular weight is 523 g/mol. The smallest absolute Gasteiger partial charge is 0.335 e. The predicted octanol–water partition coefficient (Wildman–Crippen LogP) is 5.07. The number of carbonyl (C=O) groups excluding carboxylic acids is 1. The third-order valence-electron chi connectivity index (χ3n) is 7.62. The van der Waals surface area contributed by atoms with Gasteiger partial charge in [0.25, 0.3) is 0 Å². The highest BCUT2D eigenvalue weighted by Crippen LogP contribution is 2.33. The molecule has 8 nitrogen and oxygen atoms in total. The van der Waals surface area contributed by atoms with E-state index >= 15 is 0 Å². The molecule has 0 unspecified atom stereocenters. The number of nitrogens with one attached hydrogen (secondary N) is 1. The molecule has 0 aliphatic carbocycles. The van der Waals surface area contributed by atoms with E-state index in [1.807, 2.05) is 53.4 Å². The zero-order valence-corrected chi connectivity index (χ0v) is 21.6. The molecule has 0 radical (unpaired) electrons. The average Bonchev–Trinajstić information content (AvgIpc) is 3.52. The Kier molecular flexibility index (Phi) is 6.62. The maximum atomic E-state index is 13.0. The number of carboxylic acids is 1. The number of hydrogen-bond donors (Lipinski definition) is 3.